The normalized spacial score (nSPS) is 15.2. The van der Waals surface area contributed by atoms with Gasteiger partial charge in [-0.15, -0.1) is 0 Å². The first-order chi connectivity index (χ1) is 21.5. The van der Waals surface area contributed by atoms with Crippen molar-refractivity contribution in [2.45, 2.75) is 97.1 Å². The van der Waals surface area contributed by atoms with Gasteiger partial charge in [-0.05, 0) is 53.9 Å². The molecule has 2 aromatic rings. The molecule has 0 heterocycles. The van der Waals surface area contributed by atoms with Crippen LogP contribution in [0, 0.1) is 11.8 Å². The van der Waals surface area contributed by atoms with Crippen LogP contribution in [0.3, 0.4) is 0 Å². The molecule has 0 aliphatic rings. The number of hydrogen-bond acceptors (Lipinski definition) is 8. The molecule has 9 nitrogen and oxygen atoms in total. The third-order valence-corrected chi connectivity index (χ3v) is 13.5. The number of benzene rings is 2. The van der Waals surface area contributed by atoms with Gasteiger partial charge in [0.05, 0.1) is 44.5 Å². The highest BCUT2D eigenvalue weighted by Crippen LogP contribution is 2.32. The molecule has 0 aromatic heterocycles. The Morgan fingerprint density at radius 3 is 1.91 bits per heavy atom. The number of esters is 1. The fraction of sp³-hybridized carbons (Fsp3) is 0.600. The van der Waals surface area contributed by atoms with Crippen molar-refractivity contribution in [1.29, 1.82) is 0 Å². The van der Waals surface area contributed by atoms with E-state index in [0.29, 0.717) is 12.0 Å². The zero-order valence-electron chi connectivity index (χ0n) is 28.9. The molecule has 2 aromatic carbocycles. The molecular formula is C35H55NO8Si. The van der Waals surface area contributed by atoms with Gasteiger partial charge in [-0.3, -0.25) is 9.63 Å². The van der Waals surface area contributed by atoms with E-state index in [-0.39, 0.29) is 18.4 Å². The van der Waals surface area contributed by atoms with Gasteiger partial charge in [-0.25, -0.2) is 9.86 Å². The van der Waals surface area contributed by atoms with Gasteiger partial charge in [0.15, 0.2) is 8.32 Å². The van der Waals surface area contributed by atoms with Crippen LogP contribution in [0.5, 0.6) is 5.75 Å². The van der Waals surface area contributed by atoms with Crippen LogP contribution < -0.4 is 4.74 Å². The van der Waals surface area contributed by atoms with Gasteiger partial charge >= 0.3 is 5.97 Å². The molecule has 0 aliphatic heterocycles. The van der Waals surface area contributed by atoms with Crippen molar-refractivity contribution < 1.29 is 37.8 Å². The van der Waals surface area contributed by atoms with Crippen molar-refractivity contribution in [1.82, 2.24) is 5.06 Å². The topological polar surface area (TPSA) is 92.8 Å². The first-order valence-corrected chi connectivity index (χ1v) is 18.5. The molecule has 5 atom stereocenters. The highest BCUT2D eigenvalue weighted by Gasteiger charge is 2.43. The number of amides is 1. The van der Waals surface area contributed by atoms with E-state index in [2.05, 4.69) is 20.8 Å². The number of ether oxygens (including phenoxy) is 4. The van der Waals surface area contributed by atoms with Crippen LogP contribution in [0.25, 0.3) is 0 Å². The van der Waals surface area contributed by atoms with Crippen molar-refractivity contribution in [2.75, 3.05) is 28.4 Å². The number of methoxy groups -OCH3 is 2. The van der Waals surface area contributed by atoms with Crippen LogP contribution in [-0.2, 0) is 34.9 Å². The van der Waals surface area contributed by atoms with Gasteiger partial charge in [0.1, 0.15) is 18.0 Å². The summed E-state index contributed by atoms with van der Waals surface area (Å²) in [6.45, 7) is 12.7. The second-order valence-electron chi connectivity index (χ2n) is 11.8. The Morgan fingerprint density at radius 2 is 1.42 bits per heavy atom. The maximum absolute atomic E-state index is 13.4. The van der Waals surface area contributed by atoms with Crippen molar-refractivity contribution in [3.63, 3.8) is 0 Å². The zero-order valence-corrected chi connectivity index (χ0v) is 29.9. The lowest BCUT2D eigenvalue weighted by Gasteiger charge is -2.41. The first-order valence-electron chi connectivity index (χ1n) is 16.0. The quantitative estimate of drug-likeness (QED) is 0.0871. The Morgan fingerprint density at radius 1 is 0.822 bits per heavy atom. The molecule has 0 bridgehead atoms. The minimum atomic E-state index is -2.21. The van der Waals surface area contributed by atoms with E-state index in [1.165, 1.54) is 12.2 Å². The van der Waals surface area contributed by atoms with Crippen molar-refractivity contribution in [3.8, 4) is 5.75 Å². The molecule has 0 radical (unpaired) electrons. The minimum absolute atomic E-state index is 0.0768. The van der Waals surface area contributed by atoms with E-state index in [9.17, 15) is 9.59 Å². The van der Waals surface area contributed by atoms with Crippen molar-refractivity contribution in [2.24, 2.45) is 11.8 Å². The first kappa shape index (κ1) is 38.4. The SMILES string of the molecule is CC[Si](CC)(CC)O[C@H](C[C@H](OCc1ccc(OC)cc1)[C@@H](C)C(=O)N(C)OC)[C@H](OC)[C@H](OC(=O)c1ccccc1)C(C)C. The van der Waals surface area contributed by atoms with Crippen LogP contribution in [0.4, 0.5) is 0 Å². The van der Waals surface area contributed by atoms with Crippen molar-refractivity contribution in [3.05, 3.63) is 65.7 Å². The maximum atomic E-state index is 13.4. The molecule has 0 saturated heterocycles. The number of nitrogens with zero attached hydrogens (tertiary/aromatic N) is 1. The lowest BCUT2D eigenvalue weighted by molar-refractivity contribution is -0.179. The Hall–Kier alpha value is -2.76. The van der Waals surface area contributed by atoms with Crippen LogP contribution in [-0.4, -0.2) is 78.1 Å². The van der Waals surface area contributed by atoms with E-state index in [1.54, 1.807) is 33.4 Å². The molecule has 252 valence electrons. The van der Waals surface area contributed by atoms with Gasteiger partial charge in [-0.2, -0.15) is 0 Å². The lowest BCUT2D eigenvalue weighted by Crippen LogP contribution is -2.53. The lowest BCUT2D eigenvalue weighted by atomic mass is 9.90. The monoisotopic (exact) mass is 645 g/mol. The standard InChI is InChI=1S/C35H55NO8Si/c1-11-45(12-2,13-3)44-31(33(40-9)32(25(4)5)43-35(38)28-17-15-14-16-18-28)23-30(26(6)34(37)36(7)41-10)42-24-27-19-21-29(39-8)22-20-27/h14-22,25-26,30-33H,11-13,23-24H2,1-10H3/t26-,30+,31-,32-,33+/m1/s1. The molecule has 0 aliphatic carbocycles. The number of carbonyl (C=O) groups excluding carboxylic acids is 2. The molecule has 0 fully saturated rings. The molecule has 0 saturated carbocycles. The summed E-state index contributed by atoms with van der Waals surface area (Å²) < 4.78 is 31.3. The van der Waals surface area contributed by atoms with E-state index in [0.717, 1.165) is 29.4 Å². The smallest absolute Gasteiger partial charge is 0.338 e. The summed E-state index contributed by atoms with van der Waals surface area (Å²) in [7, 11) is 4.09. The Kier molecular flexibility index (Phi) is 16.2. The molecule has 0 spiro atoms. The van der Waals surface area contributed by atoms with Crippen LogP contribution >= 0.6 is 0 Å². The zero-order chi connectivity index (χ0) is 33.6. The van der Waals surface area contributed by atoms with Gasteiger partial charge < -0.3 is 23.4 Å². The summed E-state index contributed by atoms with van der Waals surface area (Å²) in [5.74, 6) is -0.528. The summed E-state index contributed by atoms with van der Waals surface area (Å²) in [4.78, 5) is 31.9. The second-order valence-corrected chi connectivity index (χ2v) is 16.5. The third-order valence-electron chi connectivity index (χ3n) is 8.83. The van der Waals surface area contributed by atoms with E-state index in [4.69, 9.17) is 28.2 Å². The Labute approximate surface area is 271 Å². The maximum Gasteiger partial charge on any atom is 0.338 e. The predicted octanol–water partition coefficient (Wildman–Crippen LogP) is 6.91. The molecule has 0 unspecified atom stereocenters. The number of carbonyl (C=O) groups is 2. The third kappa shape index (κ3) is 10.9. The molecule has 45 heavy (non-hydrogen) atoms. The van der Waals surface area contributed by atoms with Gasteiger partial charge in [-0.1, -0.05) is 71.9 Å². The Balaban J connectivity index is 2.53. The fourth-order valence-electron chi connectivity index (χ4n) is 5.52. The molecule has 2 rings (SSSR count). The van der Waals surface area contributed by atoms with Gasteiger partial charge in [0.25, 0.3) is 5.91 Å². The highest BCUT2D eigenvalue weighted by molar-refractivity contribution is 6.73. The predicted molar refractivity (Wildman–Crippen MR) is 178 cm³/mol. The molecule has 0 N–H and O–H groups in total. The van der Waals surface area contributed by atoms with Crippen LogP contribution in [0.2, 0.25) is 18.1 Å². The average molecular weight is 646 g/mol. The average Bonchev–Trinajstić information content (AvgIpc) is 3.07. The van der Waals surface area contributed by atoms with Crippen LogP contribution in [0.1, 0.15) is 63.9 Å². The second kappa shape index (κ2) is 19.0. The summed E-state index contributed by atoms with van der Waals surface area (Å²) >= 11 is 0. The van der Waals surface area contributed by atoms with E-state index < -0.39 is 44.6 Å². The fourth-order valence-corrected chi connectivity index (χ4v) is 8.40. The van der Waals surface area contributed by atoms with E-state index >= 15 is 0 Å². The highest BCUT2D eigenvalue weighted by atomic mass is 28.4. The van der Waals surface area contributed by atoms with Crippen molar-refractivity contribution >= 4 is 20.2 Å². The largest absolute Gasteiger partial charge is 0.497 e. The number of rotatable bonds is 20. The molecule has 10 heteroatoms. The molecular weight excluding hydrogens is 590 g/mol. The van der Waals surface area contributed by atoms with Gasteiger partial charge in [0, 0.05) is 20.6 Å². The summed E-state index contributed by atoms with van der Waals surface area (Å²) in [6.07, 6.45) is -1.94. The molecule has 1 amide bonds. The minimum Gasteiger partial charge on any atom is -0.497 e. The summed E-state index contributed by atoms with van der Waals surface area (Å²) in [6, 6.07) is 19.4. The summed E-state index contributed by atoms with van der Waals surface area (Å²) in [5, 5.41) is 1.22. The number of hydrogen-bond donors (Lipinski definition) is 0. The van der Waals surface area contributed by atoms with Gasteiger partial charge in [0.2, 0.25) is 0 Å². The van der Waals surface area contributed by atoms with E-state index in [1.807, 2.05) is 63.2 Å². The van der Waals surface area contributed by atoms with Crippen LogP contribution in [0.15, 0.2) is 54.6 Å². The summed E-state index contributed by atoms with van der Waals surface area (Å²) in [5.41, 5.74) is 1.41. The number of hydroxylamine groups is 2. The Bertz CT molecular complexity index is 1130.